The number of imide groups is 1. The second kappa shape index (κ2) is 18.2. The molecular formula is C45H51N3O7. The fraction of sp³-hybridized carbons (Fsp3) is 0.400. The van der Waals surface area contributed by atoms with Gasteiger partial charge in [0.15, 0.2) is 6.29 Å². The van der Waals surface area contributed by atoms with Crippen LogP contribution in [-0.4, -0.2) is 64.6 Å². The van der Waals surface area contributed by atoms with E-state index in [0.717, 1.165) is 58.6 Å². The molecule has 3 heterocycles. The van der Waals surface area contributed by atoms with Gasteiger partial charge in [-0.3, -0.25) is 14.5 Å². The van der Waals surface area contributed by atoms with Gasteiger partial charge in [-0.05, 0) is 71.4 Å². The van der Waals surface area contributed by atoms with Crippen LogP contribution in [0.25, 0.3) is 11.1 Å². The molecule has 0 bridgehead atoms. The molecule has 3 aliphatic heterocycles. The number of carbonyl (C=O) groups excluding carboxylic acids is 3. The van der Waals surface area contributed by atoms with Crippen LogP contribution in [0, 0.1) is 5.92 Å². The number of likely N-dealkylation sites (tertiary alicyclic amines) is 2. The molecule has 10 heteroatoms. The summed E-state index contributed by atoms with van der Waals surface area (Å²) in [5.41, 5.74) is 6.32. The predicted molar refractivity (Wildman–Crippen MR) is 208 cm³/mol. The SMILES string of the molecule is C[C@@H]1[C@H](CN2CCCCCCC2)O[C@H](c2cccc(-c3cccc(CN4C(=O)CC(NC(=O)OCc5ccccc5)C4=O)c3)c2)O[C@@H]1c1ccc(CO)cc1. The van der Waals surface area contributed by atoms with Crippen LogP contribution in [0.2, 0.25) is 0 Å². The standard InChI is InChI=1S/C45H51N3O7/c1-31-40(28-47-22-8-3-2-4-9-23-47)54-44(55-42(31)35-20-18-32(29-49)19-21-35)38-17-11-16-37(25-38)36-15-10-14-34(24-36)27-48-41(50)26-39(43(48)51)46-45(52)53-30-33-12-6-5-7-13-33/h5-7,10-21,24-25,31,39-40,42,44,49H,2-4,8-9,22-23,26-30H2,1H3,(H,46,52)/t31-,39?,40+,42+,44+/m1/s1. The zero-order chi connectivity index (χ0) is 38.1. The number of alkyl carbamates (subject to hydrolysis) is 1. The van der Waals surface area contributed by atoms with Crippen molar-refractivity contribution in [1.82, 2.24) is 15.1 Å². The Morgan fingerprint density at radius 3 is 2.22 bits per heavy atom. The molecule has 4 aromatic rings. The number of hydrogen-bond donors (Lipinski definition) is 2. The minimum atomic E-state index is -0.974. The lowest BCUT2D eigenvalue weighted by Gasteiger charge is -2.43. The van der Waals surface area contributed by atoms with E-state index in [0.29, 0.717) is 0 Å². The van der Waals surface area contributed by atoms with Crippen molar-refractivity contribution in [2.75, 3.05) is 19.6 Å². The average Bonchev–Trinajstić information content (AvgIpc) is 3.46. The topological polar surface area (TPSA) is 118 Å². The number of hydrogen-bond acceptors (Lipinski definition) is 8. The number of amides is 3. The Hall–Kier alpha value is -4.87. The Kier molecular flexibility index (Phi) is 12.7. The van der Waals surface area contributed by atoms with E-state index in [2.05, 4.69) is 35.3 Å². The van der Waals surface area contributed by atoms with Crippen molar-refractivity contribution in [3.63, 3.8) is 0 Å². The second-order valence-corrected chi connectivity index (χ2v) is 15.0. The molecule has 7 rings (SSSR count). The number of aliphatic hydroxyl groups is 1. The first-order valence-electron chi connectivity index (χ1n) is 19.6. The molecule has 1 unspecified atom stereocenters. The highest BCUT2D eigenvalue weighted by molar-refractivity contribution is 6.06. The van der Waals surface area contributed by atoms with Crippen molar-refractivity contribution in [1.29, 1.82) is 0 Å². The first-order valence-corrected chi connectivity index (χ1v) is 19.6. The van der Waals surface area contributed by atoms with E-state index < -0.39 is 24.3 Å². The summed E-state index contributed by atoms with van der Waals surface area (Å²) in [6.45, 7) is 5.35. The number of rotatable bonds is 11. The maximum absolute atomic E-state index is 13.3. The molecule has 3 aliphatic rings. The Morgan fingerprint density at radius 1 is 0.782 bits per heavy atom. The molecule has 0 spiro atoms. The molecular weight excluding hydrogens is 695 g/mol. The van der Waals surface area contributed by atoms with Crippen LogP contribution in [-0.2, 0) is 43.6 Å². The number of ether oxygens (including phenoxy) is 3. The molecule has 0 aromatic heterocycles. The molecule has 0 aliphatic carbocycles. The van der Waals surface area contributed by atoms with Crippen molar-refractivity contribution in [2.24, 2.45) is 5.92 Å². The smallest absolute Gasteiger partial charge is 0.408 e. The Bertz CT molecular complexity index is 1910. The van der Waals surface area contributed by atoms with E-state index in [1.54, 1.807) is 0 Å². The largest absolute Gasteiger partial charge is 0.445 e. The van der Waals surface area contributed by atoms with Crippen LogP contribution in [0.15, 0.2) is 103 Å². The second-order valence-electron chi connectivity index (χ2n) is 15.0. The van der Waals surface area contributed by atoms with Gasteiger partial charge in [0.2, 0.25) is 5.91 Å². The van der Waals surface area contributed by atoms with E-state index in [-0.39, 0.29) is 50.2 Å². The van der Waals surface area contributed by atoms with Gasteiger partial charge < -0.3 is 29.5 Å². The third kappa shape index (κ3) is 9.69. The number of carbonyl (C=O) groups is 3. The molecule has 3 amide bonds. The minimum Gasteiger partial charge on any atom is -0.445 e. The van der Waals surface area contributed by atoms with E-state index >= 15 is 0 Å². The highest BCUT2D eigenvalue weighted by Crippen LogP contribution is 2.42. The summed E-state index contributed by atoms with van der Waals surface area (Å²) < 4.78 is 18.9. The average molecular weight is 746 g/mol. The number of nitrogens with one attached hydrogen (secondary N) is 1. The molecule has 0 saturated carbocycles. The van der Waals surface area contributed by atoms with Gasteiger partial charge in [0.05, 0.1) is 31.8 Å². The summed E-state index contributed by atoms with van der Waals surface area (Å²) in [5.74, 6) is -0.703. The quantitative estimate of drug-likeness (QED) is 0.152. The van der Waals surface area contributed by atoms with Gasteiger partial charge in [0.25, 0.3) is 5.91 Å². The van der Waals surface area contributed by atoms with Gasteiger partial charge in [-0.25, -0.2) is 4.79 Å². The first-order chi connectivity index (χ1) is 26.8. The van der Waals surface area contributed by atoms with Crippen molar-refractivity contribution < 1.29 is 33.7 Å². The van der Waals surface area contributed by atoms with Crippen molar-refractivity contribution in [3.8, 4) is 11.1 Å². The van der Waals surface area contributed by atoms with Crippen LogP contribution < -0.4 is 5.32 Å². The summed E-state index contributed by atoms with van der Waals surface area (Å²) in [5, 5.41) is 12.2. The van der Waals surface area contributed by atoms with E-state index in [4.69, 9.17) is 14.2 Å². The minimum absolute atomic E-state index is 0.00689. The summed E-state index contributed by atoms with van der Waals surface area (Å²) in [4.78, 5) is 42.4. The summed E-state index contributed by atoms with van der Waals surface area (Å²) in [7, 11) is 0. The number of nitrogens with zero attached hydrogens (tertiary/aromatic N) is 2. The van der Waals surface area contributed by atoms with Gasteiger partial charge >= 0.3 is 6.09 Å². The third-order valence-electron chi connectivity index (χ3n) is 11.0. The third-order valence-corrected chi connectivity index (χ3v) is 11.0. The summed E-state index contributed by atoms with van der Waals surface area (Å²) in [6.07, 6.45) is 4.56. The number of aliphatic hydroxyl groups excluding tert-OH is 1. The van der Waals surface area contributed by atoms with Gasteiger partial charge in [-0.2, -0.15) is 0 Å². The zero-order valence-electron chi connectivity index (χ0n) is 31.5. The summed E-state index contributed by atoms with van der Waals surface area (Å²) >= 11 is 0. The molecule has 3 saturated heterocycles. The Morgan fingerprint density at radius 2 is 1.47 bits per heavy atom. The monoisotopic (exact) mass is 745 g/mol. The Labute approximate surface area is 323 Å². The van der Waals surface area contributed by atoms with Crippen LogP contribution in [0.5, 0.6) is 0 Å². The van der Waals surface area contributed by atoms with Crippen molar-refractivity contribution in [2.45, 2.75) is 89.7 Å². The molecule has 55 heavy (non-hydrogen) atoms. The van der Waals surface area contributed by atoms with Gasteiger partial charge in [-0.1, -0.05) is 117 Å². The molecule has 0 radical (unpaired) electrons. The zero-order valence-corrected chi connectivity index (χ0v) is 31.5. The maximum atomic E-state index is 13.3. The highest BCUT2D eigenvalue weighted by Gasteiger charge is 2.41. The number of benzene rings is 4. The summed E-state index contributed by atoms with van der Waals surface area (Å²) in [6, 6.07) is 32.2. The van der Waals surface area contributed by atoms with E-state index in [1.807, 2.05) is 84.9 Å². The van der Waals surface area contributed by atoms with E-state index in [1.165, 1.54) is 37.0 Å². The van der Waals surface area contributed by atoms with Crippen LogP contribution >= 0.6 is 0 Å². The maximum Gasteiger partial charge on any atom is 0.408 e. The normalized spacial score (nSPS) is 23.6. The van der Waals surface area contributed by atoms with Crippen LogP contribution in [0.4, 0.5) is 4.79 Å². The van der Waals surface area contributed by atoms with Gasteiger partial charge in [-0.15, -0.1) is 0 Å². The molecule has 4 aromatic carbocycles. The van der Waals surface area contributed by atoms with Crippen molar-refractivity contribution in [3.05, 3.63) is 131 Å². The lowest BCUT2D eigenvalue weighted by molar-refractivity contribution is -0.276. The fourth-order valence-electron chi connectivity index (χ4n) is 7.84. The lowest BCUT2D eigenvalue weighted by Crippen LogP contribution is -2.45. The van der Waals surface area contributed by atoms with Crippen molar-refractivity contribution >= 4 is 17.9 Å². The fourth-order valence-corrected chi connectivity index (χ4v) is 7.84. The molecule has 10 nitrogen and oxygen atoms in total. The predicted octanol–water partition coefficient (Wildman–Crippen LogP) is 7.46. The molecule has 288 valence electrons. The van der Waals surface area contributed by atoms with Gasteiger partial charge in [0, 0.05) is 18.0 Å². The molecule has 2 N–H and O–H groups in total. The van der Waals surface area contributed by atoms with Crippen LogP contribution in [0.3, 0.4) is 0 Å². The molecule has 5 atom stereocenters. The van der Waals surface area contributed by atoms with Gasteiger partial charge in [0.1, 0.15) is 12.6 Å². The van der Waals surface area contributed by atoms with E-state index in [9.17, 15) is 19.5 Å². The Balaban J connectivity index is 1.05. The first kappa shape index (κ1) is 38.4. The van der Waals surface area contributed by atoms with Crippen LogP contribution in [0.1, 0.15) is 85.7 Å². The molecule has 3 fully saturated rings. The highest BCUT2D eigenvalue weighted by atomic mass is 16.7. The lowest BCUT2D eigenvalue weighted by atomic mass is 9.89.